The van der Waals surface area contributed by atoms with Gasteiger partial charge in [-0.2, -0.15) is 5.10 Å². The summed E-state index contributed by atoms with van der Waals surface area (Å²) in [6.07, 6.45) is 0. The summed E-state index contributed by atoms with van der Waals surface area (Å²) >= 11 is 5.59. The van der Waals surface area contributed by atoms with E-state index in [1.54, 1.807) is 6.92 Å². The van der Waals surface area contributed by atoms with Crippen molar-refractivity contribution >= 4 is 28.9 Å². The van der Waals surface area contributed by atoms with Crippen LogP contribution in [0, 0.1) is 12.7 Å². The summed E-state index contributed by atoms with van der Waals surface area (Å²) in [4.78, 5) is 12.2. The fraction of sp³-hybridized carbons (Fsp3) is 0.231. The molecule has 3 N–H and O–H groups in total. The van der Waals surface area contributed by atoms with E-state index < -0.39 is 11.7 Å². The molecule has 0 saturated carbocycles. The van der Waals surface area contributed by atoms with E-state index in [1.165, 1.54) is 16.8 Å². The van der Waals surface area contributed by atoms with Gasteiger partial charge in [0.2, 0.25) is 0 Å². The Balaban J connectivity index is 2.30. The van der Waals surface area contributed by atoms with E-state index in [4.69, 9.17) is 17.3 Å². The second-order valence-electron chi connectivity index (χ2n) is 4.25. The zero-order valence-corrected chi connectivity index (χ0v) is 11.8. The number of halogens is 2. The number of carbonyl (C=O) groups is 1. The lowest BCUT2D eigenvalue weighted by atomic mass is 10.2. The van der Waals surface area contributed by atoms with Crippen molar-refractivity contribution in [3.63, 3.8) is 0 Å². The number of hydrogen-bond donors (Lipinski definition) is 2. The van der Waals surface area contributed by atoms with Crippen LogP contribution in [-0.4, -0.2) is 15.7 Å². The molecule has 0 unspecified atom stereocenters. The van der Waals surface area contributed by atoms with Crippen molar-refractivity contribution in [2.45, 2.75) is 20.4 Å². The van der Waals surface area contributed by atoms with Crippen molar-refractivity contribution in [1.29, 1.82) is 0 Å². The molecule has 0 fully saturated rings. The molecule has 2 rings (SSSR count). The summed E-state index contributed by atoms with van der Waals surface area (Å²) < 4.78 is 14.8. The third kappa shape index (κ3) is 2.60. The maximum absolute atomic E-state index is 13.3. The molecule has 0 bridgehead atoms. The zero-order chi connectivity index (χ0) is 14.9. The summed E-state index contributed by atoms with van der Waals surface area (Å²) in [5.41, 5.74) is 7.32. The SMILES string of the molecule is CCn1nc(C)c(N)c1C(=O)Nc1ccc(Cl)c(F)c1. The van der Waals surface area contributed by atoms with Gasteiger partial charge in [-0.05, 0) is 32.0 Å². The molecule has 106 valence electrons. The van der Waals surface area contributed by atoms with Gasteiger partial charge in [0.1, 0.15) is 11.5 Å². The van der Waals surface area contributed by atoms with E-state index in [0.29, 0.717) is 23.6 Å². The van der Waals surface area contributed by atoms with Crippen molar-refractivity contribution in [2.75, 3.05) is 11.1 Å². The number of rotatable bonds is 3. The van der Waals surface area contributed by atoms with Gasteiger partial charge in [-0.25, -0.2) is 4.39 Å². The molecule has 0 aliphatic rings. The Hall–Kier alpha value is -2.08. The number of amides is 1. The first-order valence-electron chi connectivity index (χ1n) is 6.03. The van der Waals surface area contributed by atoms with Crippen molar-refractivity contribution in [3.05, 3.63) is 40.4 Å². The lowest BCUT2D eigenvalue weighted by Crippen LogP contribution is -2.18. The van der Waals surface area contributed by atoms with Gasteiger partial charge in [-0.1, -0.05) is 11.6 Å². The van der Waals surface area contributed by atoms with Gasteiger partial charge in [-0.3, -0.25) is 9.48 Å². The van der Waals surface area contributed by atoms with Crippen molar-refractivity contribution in [2.24, 2.45) is 0 Å². The Kier molecular flexibility index (Phi) is 3.94. The van der Waals surface area contributed by atoms with Gasteiger partial charge in [0.15, 0.2) is 0 Å². The van der Waals surface area contributed by atoms with E-state index in [1.807, 2.05) is 6.92 Å². The highest BCUT2D eigenvalue weighted by Crippen LogP contribution is 2.21. The molecule has 20 heavy (non-hydrogen) atoms. The molecule has 5 nitrogen and oxygen atoms in total. The normalized spacial score (nSPS) is 10.6. The Labute approximate surface area is 120 Å². The number of aromatic nitrogens is 2. The van der Waals surface area contributed by atoms with Crippen LogP contribution < -0.4 is 11.1 Å². The maximum atomic E-state index is 13.3. The van der Waals surface area contributed by atoms with Gasteiger partial charge in [0.05, 0.1) is 16.4 Å². The average Bonchev–Trinajstić information content (AvgIpc) is 2.69. The molecule has 0 radical (unpaired) electrons. The predicted octanol–water partition coefficient (Wildman–Crippen LogP) is 2.84. The highest BCUT2D eigenvalue weighted by molar-refractivity contribution is 6.30. The average molecular weight is 297 g/mol. The number of nitrogens with one attached hydrogen (secondary N) is 1. The quantitative estimate of drug-likeness (QED) is 0.914. The number of benzene rings is 1. The van der Waals surface area contributed by atoms with Crippen LogP contribution in [0.3, 0.4) is 0 Å². The van der Waals surface area contributed by atoms with Crippen molar-refractivity contribution in [1.82, 2.24) is 9.78 Å². The summed E-state index contributed by atoms with van der Waals surface area (Å²) in [6, 6.07) is 4.03. The monoisotopic (exact) mass is 296 g/mol. The number of aryl methyl sites for hydroxylation is 2. The molecule has 1 heterocycles. The third-order valence-electron chi connectivity index (χ3n) is 2.87. The lowest BCUT2D eigenvalue weighted by molar-refractivity contribution is 0.101. The van der Waals surface area contributed by atoms with Gasteiger partial charge < -0.3 is 11.1 Å². The number of nitrogens with zero attached hydrogens (tertiary/aromatic N) is 2. The Morgan fingerprint density at radius 2 is 2.25 bits per heavy atom. The molecule has 0 atom stereocenters. The Bertz CT molecular complexity index is 669. The van der Waals surface area contributed by atoms with E-state index in [2.05, 4.69) is 10.4 Å². The molecule has 0 aliphatic carbocycles. The minimum Gasteiger partial charge on any atom is -0.395 e. The highest BCUT2D eigenvalue weighted by atomic mass is 35.5. The molecule has 0 aliphatic heterocycles. The largest absolute Gasteiger partial charge is 0.395 e. The summed E-state index contributed by atoms with van der Waals surface area (Å²) in [6.45, 7) is 4.08. The molecule has 2 aromatic rings. The fourth-order valence-electron chi connectivity index (χ4n) is 1.83. The number of nitrogen functional groups attached to an aromatic ring is 1. The molecule has 0 saturated heterocycles. The second-order valence-corrected chi connectivity index (χ2v) is 4.65. The molecule has 1 amide bonds. The van der Waals surface area contributed by atoms with Crippen LogP contribution in [0.5, 0.6) is 0 Å². The minimum absolute atomic E-state index is 0.00282. The number of hydrogen-bond acceptors (Lipinski definition) is 3. The van der Waals surface area contributed by atoms with E-state index >= 15 is 0 Å². The first-order chi connectivity index (χ1) is 9.43. The third-order valence-corrected chi connectivity index (χ3v) is 3.17. The van der Waals surface area contributed by atoms with Crippen LogP contribution in [0.2, 0.25) is 5.02 Å². The molecule has 7 heteroatoms. The van der Waals surface area contributed by atoms with Gasteiger partial charge in [0.25, 0.3) is 5.91 Å². The smallest absolute Gasteiger partial charge is 0.276 e. The van der Waals surface area contributed by atoms with E-state index in [0.717, 1.165) is 6.07 Å². The zero-order valence-electron chi connectivity index (χ0n) is 11.1. The summed E-state index contributed by atoms with van der Waals surface area (Å²) in [7, 11) is 0. The van der Waals surface area contributed by atoms with Gasteiger partial charge >= 0.3 is 0 Å². The van der Waals surface area contributed by atoms with Crippen LogP contribution in [0.4, 0.5) is 15.8 Å². The number of carbonyl (C=O) groups excluding carboxylic acids is 1. The van der Waals surface area contributed by atoms with Crippen LogP contribution in [0.1, 0.15) is 23.1 Å². The van der Waals surface area contributed by atoms with E-state index in [-0.39, 0.29) is 10.7 Å². The van der Waals surface area contributed by atoms with Crippen LogP contribution in [0.25, 0.3) is 0 Å². The lowest BCUT2D eigenvalue weighted by Gasteiger charge is -2.08. The standard InChI is InChI=1S/C13H14ClFN4O/c1-3-19-12(11(16)7(2)18-19)13(20)17-8-4-5-9(14)10(15)6-8/h4-6H,3,16H2,1-2H3,(H,17,20). The molecule has 1 aromatic carbocycles. The number of nitrogens with two attached hydrogens (primary N) is 1. The molecule has 1 aromatic heterocycles. The van der Waals surface area contributed by atoms with Crippen LogP contribution in [0.15, 0.2) is 18.2 Å². The summed E-state index contributed by atoms with van der Waals surface area (Å²) in [5.74, 6) is -1.04. The molecular weight excluding hydrogens is 283 g/mol. The van der Waals surface area contributed by atoms with Gasteiger partial charge in [0, 0.05) is 12.2 Å². The first kappa shape index (κ1) is 14.3. The highest BCUT2D eigenvalue weighted by Gasteiger charge is 2.19. The Morgan fingerprint density at radius 1 is 1.55 bits per heavy atom. The number of anilines is 2. The molecule has 0 spiro atoms. The summed E-state index contributed by atoms with van der Waals surface area (Å²) in [5, 5.41) is 6.73. The predicted molar refractivity (Wildman–Crippen MR) is 76.4 cm³/mol. The first-order valence-corrected chi connectivity index (χ1v) is 6.41. The van der Waals surface area contributed by atoms with Gasteiger partial charge in [-0.15, -0.1) is 0 Å². The van der Waals surface area contributed by atoms with Crippen LogP contribution in [-0.2, 0) is 6.54 Å². The van der Waals surface area contributed by atoms with Crippen molar-refractivity contribution in [3.8, 4) is 0 Å². The van der Waals surface area contributed by atoms with Crippen molar-refractivity contribution < 1.29 is 9.18 Å². The maximum Gasteiger partial charge on any atom is 0.276 e. The Morgan fingerprint density at radius 3 is 2.85 bits per heavy atom. The van der Waals surface area contributed by atoms with Crippen LogP contribution >= 0.6 is 11.6 Å². The topological polar surface area (TPSA) is 72.9 Å². The fourth-order valence-corrected chi connectivity index (χ4v) is 1.95. The minimum atomic E-state index is -0.599. The second kappa shape index (κ2) is 5.50. The van der Waals surface area contributed by atoms with E-state index in [9.17, 15) is 9.18 Å². The molecular formula is C13H14ClFN4O.